The smallest absolute Gasteiger partial charge is 0.337 e. The van der Waals surface area contributed by atoms with Crippen LogP contribution in [0.2, 0.25) is 0 Å². The number of carbonyl (C=O) groups excluding carboxylic acids is 3. The molecule has 0 aliphatic carbocycles. The van der Waals surface area contributed by atoms with Crippen molar-refractivity contribution in [1.82, 2.24) is 0 Å². The summed E-state index contributed by atoms with van der Waals surface area (Å²) >= 11 is 2.14. The molecule has 8 heteroatoms. The van der Waals surface area contributed by atoms with E-state index in [0.717, 1.165) is 3.57 Å². The van der Waals surface area contributed by atoms with Crippen molar-refractivity contribution in [3.63, 3.8) is 0 Å². The van der Waals surface area contributed by atoms with Crippen LogP contribution in [0.5, 0.6) is 5.75 Å². The highest BCUT2D eigenvalue weighted by atomic mass is 127. The average molecular weight is 469 g/mol. The molecule has 0 bridgehead atoms. The van der Waals surface area contributed by atoms with E-state index in [1.807, 2.05) is 12.1 Å². The van der Waals surface area contributed by atoms with E-state index in [-0.39, 0.29) is 23.4 Å². The molecule has 136 valence electrons. The highest BCUT2D eigenvalue weighted by molar-refractivity contribution is 14.1. The highest BCUT2D eigenvalue weighted by Crippen LogP contribution is 2.18. The van der Waals surface area contributed by atoms with Crippen LogP contribution in [0.3, 0.4) is 0 Å². The Bertz CT molecular complexity index is 802. The van der Waals surface area contributed by atoms with Gasteiger partial charge < -0.3 is 19.5 Å². The standard InChI is InChI=1S/C18H16INO6/c1-24-17(22)11-6-12(18(23)25-2)8-14(7-11)20-16(21)10-26-15-5-3-4-13(19)9-15/h3-9H,10H2,1-2H3,(H,20,21). The lowest BCUT2D eigenvalue weighted by molar-refractivity contribution is -0.118. The number of methoxy groups -OCH3 is 2. The van der Waals surface area contributed by atoms with Crippen LogP contribution in [-0.4, -0.2) is 38.7 Å². The molecule has 0 unspecified atom stereocenters. The minimum Gasteiger partial charge on any atom is -0.484 e. The number of carbonyl (C=O) groups is 3. The molecule has 7 nitrogen and oxygen atoms in total. The van der Waals surface area contributed by atoms with Gasteiger partial charge in [-0.15, -0.1) is 0 Å². The van der Waals surface area contributed by atoms with Gasteiger partial charge in [0, 0.05) is 9.26 Å². The number of benzene rings is 2. The molecule has 2 aromatic rings. The Labute approximate surface area is 163 Å². The van der Waals surface area contributed by atoms with Gasteiger partial charge in [0.2, 0.25) is 0 Å². The first kappa shape index (κ1) is 19.7. The van der Waals surface area contributed by atoms with Crippen LogP contribution < -0.4 is 10.1 Å². The summed E-state index contributed by atoms with van der Waals surface area (Å²) in [4.78, 5) is 35.6. The molecule has 0 spiro atoms. The highest BCUT2D eigenvalue weighted by Gasteiger charge is 2.15. The molecule has 0 heterocycles. The van der Waals surface area contributed by atoms with E-state index in [2.05, 4.69) is 37.4 Å². The van der Waals surface area contributed by atoms with Crippen molar-refractivity contribution in [2.75, 3.05) is 26.1 Å². The van der Waals surface area contributed by atoms with Crippen LogP contribution >= 0.6 is 22.6 Å². The number of nitrogens with one attached hydrogen (secondary N) is 1. The summed E-state index contributed by atoms with van der Waals surface area (Å²) in [7, 11) is 2.45. The van der Waals surface area contributed by atoms with E-state index in [1.54, 1.807) is 12.1 Å². The summed E-state index contributed by atoms with van der Waals surface area (Å²) in [5, 5.41) is 2.58. The number of esters is 2. The summed E-state index contributed by atoms with van der Waals surface area (Å²) in [5.41, 5.74) is 0.484. The monoisotopic (exact) mass is 469 g/mol. The van der Waals surface area contributed by atoms with Crippen molar-refractivity contribution >= 4 is 46.1 Å². The summed E-state index contributed by atoms with van der Waals surface area (Å²) < 4.78 is 15.7. The zero-order chi connectivity index (χ0) is 19.1. The Morgan fingerprint density at radius 3 is 2.12 bits per heavy atom. The Balaban J connectivity index is 2.12. The van der Waals surface area contributed by atoms with Crippen LogP contribution in [0, 0.1) is 3.57 Å². The van der Waals surface area contributed by atoms with Crippen LogP contribution in [0.4, 0.5) is 5.69 Å². The lowest BCUT2D eigenvalue weighted by Crippen LogP contribution is -2.21. The number of halogens is 1. The largest absolute Gasteiger partial charge is 0.484 e. The van der Waals surface area contributed by atoms with E-state index in [9.17, 15) is 14.4 Å². The molecule has 0 aliphatic heterocycles. The second kappa shape index (κ2) is 9.18. The van der Waals surface area contributed by atoms with Gasteiger partial charge in [-0.25, -0.2) is 9.59 Å². The molecule has 26 heavy (non-hydrogen) atoms. The number of hydrogen-bond acceptors (Lipinski definition) is 6. The van der Waals surface area contributed by atoms with Crippen molar-refractivity contribution in [2.45, 2.75) is 0 Å². The quantitative estimate of drug-likeness (QED) is 0.517. The van der Waals surface area contributed by atoms with Crippen molar-refractivity contribution in [3.05, 3.63) is 57.2 Å². The third kappa shape index (κ3) is 5.45. The zero-order valence-electron chi connectivity index (χ0n) is 14.1. The predicted octanol–water partition coefficient (Wildman–Crippen LogP) is 2.88. The number of rotatable bonds is 6. The van der Waals surface area contributed by atoms with Crippen molar-refractivity contribution in [3.8, 4) is 5.75 Å². The Kier molecular flexibility index (Phi) is 6.96. The lowest BCUT2D eigenvalue weighted by atomic mass is 10.1. The first-order chi connectivity index (χ1) is 12.4. The molecule has 0 saturated heterocycles. The van der Waals surface area contributed by atoms with Crippen molar-refractivity contribution < 1.29 is 28.6 Å². The molecule has 1 N–H and O–H groups in total. The second-order valence-electron chi connectivity index (χ2n) is 5.08. The lowest BCUT2D eigenvalue weighted by Gasteiger charge is -2.10. The van der Waals surface area contributed by atoms with Gasteiger partial charge in [0.25, 0.3) is 5.91 Å². The van der Waals surface area contributed by atoms with Gasteiger partial charge in [-0.05, 0) is 59.0 Å². The van der Waals surface area contributed by atoms with E-state index >= 15 is 0 Å². The third-order valence-electron chi connectivity index (χ3n) is 3.22. The van der Waals surface area contributed by atoms with Gasteiger partial charge >= 0.3 is 11.9 Å². The van der Waals surface area contributed by atoms with Crippen LogP contribution in [0.15, 0.2) is 42.5 Å². The Hall–Kier alpha value is -2.62. The van der Waals surface area contributed by atoms with Crippen LogP contribution in [0.25, 0.3) is 0 Å². The predicted molar refractivity (Wildman–Crippen MR) is 102 cm³/mol. The number of ether oxygens (including phenoxy) is 3. The van der Waals surface area contributed by atoms with Gasteiger partial charge in [0.05, 0.1) is 25.3 Å². The van der Waals surface area contributed by atoms with Crippen molar-refractivity contribution in [2.24, 2.45) is 0 Å². The molecule has 0 atom stereocenters. The van der Waals surface area contributed by atoms with Gasteiger partial charge in [0.1, 0.15) is 5.75 Å². The minimum absolute atomic E-state index is 0.115. The maximum atomic E-state index is 12.1. The Morgan fingerprint density at radius 1 is 0.962 bits per heavy atom. The van der Waals surface area contributed by atoms with E-state index in [1.165, 1.54) is 32.4 Å². The average Bonchev–Trinajstić information content (AvgIpc) is 2.64. The molecular formula is C18H16INO6. The molecule has 0 aliphatic rings. The SMILES string of the molecule is COC(=O)c1cc(NC(=O)COc2cccc(I)c2)cc(C(=O)OC)c1. The third-order valence-corrected chi connectivity index (χ3v) is 3.90. The van der Waals surface area contributed by atoms with Gasteiger partial charge in [-0.1, -0.05) is 6.07 Å². The van der Waals surface area contributed by atoms with Gasteiger partial charge in [-0.3, -0.25) is 4.79 Å². The molecule has 1 amide bonds. The van der Waals surface area contributed by atoms with Gasteiger partial charge in [0.15, 0.2) is 6.61 Å². The Morgan fingerprint density at radius 2 is 1.58 bits per heavy atom. The number of hydrogen-bond donors (Lipinski definition) is 1. The molecule has 0 radical (unpaired) electrons. The summed E-state index contributed by atoms with van der Waals surface area (Å²) in [6.45, 7) is -0.226. The maximum Gasteiger partial charge on any atom is 0.337 e. The van der Waals surface area contributed by atoms with Gasteiger partial charge in [-0.2, -0.15) is 0 Å². The van der Waals surface area contributed by atoms with E-state index in [0.29, 0.717) is 5.75 Å². The summed E-state index contributed by atoms with van der Waals surface area (Å²) in [5.74, 6) is -1.16. The number of amides is 1. The molecule has 2 rings (SSSR count). The molecule has 2 aromatic carbocycles. The first-order valence-electron chi connectivity index (χ1n) is 7.43. The molecular weight excluding hydrogens is 453 g/mol. The second-order valence-corrected chi connectivity index (χ2v) is 6.32. The fourth-order valence-corrected chi connectivity index (χ4v) is 2.59. The molecule has 0 aromatic heterocycles. The van der Waals surface area contributed by atoms with Crippen molar-refractivity contribution in [1.29, 1.82) is 0 Å². The number of anilines is 1. The normalized spacial score (nSPS) is 9.96. The fourth-order valence-electron chi connectivity index (χ4n) is 2.07. The molecule has 0 fully saturated rings. The minimum atomic E-state index is -0.638. The fraction of sp³-hybridized carbons (Fsp3) is 0.167. The van der Waals surface area contributed by atoms with Crippen LogP contribution in [-0.2, 0) is 14.3 Å². The topological polar surface area (TPSA) is 90.9 Å². The first-order valence-corrected chi connectivity index (χ1v) is 8.50. The van der Waals surface area contributed by atoms with E-state index < -0.39 is 17.8 Å². The maximum absolute atomic E-state index is 12.1. The molecule has 0 saturated carbocycles. The van der Waals surface area contributed by atoms with E-state index in [4.69, 9.17) is 4.74 Å². The van der Waals surface area contributed by atoms with Crippen LogP contribution in [0.1, 0.15) is 20.7 Å². The zero-order valence-corrected chi connectivity index (χ0v) is 16.2. The summed E-state index contributed by atoms with van der Waals surface area (Å²) in [6, 6.07) is 11.4. The summed E-state index contributed by atoms with van der Waals surface area (Å²) in [6.07, 6.45) is 0.